The first-order chi connectivity index (χ1) is 18.5. The second-order valence-electron chi connectivity index (χ2n) is 10.2. The highest BCUT2D eigenvalue weighted by molar-refractivity contribution is 7.92. The van der Waals surface area contributed by atoms with Gasteiger partial charge in [-0.2, -0.15) is 0 Å². The molecule has 0 saturated heterocycles. The van der Waals surface area contributed by atoms with Gasteiger partial charge in [-0.15, -0.1) is 0 Å². The number of aryl methyl sites for hydroxylation is 2. The number of carbonyl (C=O) groups is 2. The number of para-hydroxylation sites is 1. The third-order valence-electron chi connectivity index (χ3n) is 6.54. The van der Waals surface area contributed by atoms with E-state index in [4.69, 9.17) is 0 Å². The van der Waals surface area contributed by atoms with E-state index in [-0.39, 0.29) is 23.3 Å². The number of anilines is 1. The molecule has 3 aromatic carbocycles. The summed E-state index contributed by atoms with van der Waals surface area (Å²) < 4.78 is 28.9. The third kappa shape index (κ3) is 7.69. The molecule has 1 N–H and O–H groups in total. The van der Waals surface area contributed by atoms with E-state index in [1.54, 1.807) is 30.3 Å². The lowest BCUT2D eigenvalue weighted by Crippen LogP contribution is -2.52. The molecule has 0 aromatic heterocycles. The highest BCUT2D eigenvalue weighted by Gasteiger charge is 2.34. The fourth-order valence-electron chi connectivity index (χ4n) is 4.31. The van der Waals surface area contributed by atoms with Crippen molar-refractivity contribution in [3.63, 3.8) is 0 Å². The molecule has 0 aliphatic carbocycles. The van der Waals surface area contributed by atoms with Crippen molar-refractivity contribution in [1.29, 1.82) is 0 Å². The van der Waals surface area contributed by atoms with Crippen LogP contribution in [0.3, 0.4) is 0 Å². The molecule has 0 bridgehead atoms. The van der Waals surface area contributed by atoms with Gasteiger partial charge in [0.15, 0.2) is 0 Å². The largest absolute Gasteiger partial charge is 0.354 e. The summed E-state index contributed by atoms with van der Waals surface area (Å²) in [6, 6.07) is 22.2. The van der Waals surface area contributed by atoms with Crippen molar-refractivity contribution in [3.05, 3.63) is 95.6 Å². The number of carbonyl (C=O) groups excluding carboxylic acids is 2. The van der Waals surface area contributed by atoms with Gasteiger partial charge >= 0.3 is 0 Å². The van der Waals surface area contributed by atoms with Crippen molar-refractivity contribution in [2.45, 2.75) is 58.5 Å². The van der Waals surface area contributed by atoms with Crippen molar-refractivity contribution >= 4 is 27.5 Å². The number of sulfonamides is 1. The molecule has 0 unspecified atom stereocenters. The van der Waals surface area contributed by atoms with Crippen LogP contribution in [-0.2, 0) is 26.2 Å². The van der Waals surface area contributed by atoms with Crippen LogP contribution >= 0.6 is 0 Å². The minimum atomic E-state index is -4.07. The first-order valence-electron chi connectivity index (χ1n) is 13.3. The van der Waals surface area contributed by atoms with Crippen LogP contribution in [-0.4, -0.2) is 44.3 Å². The smallest absolute Gasteiger partial charge is 0.264 e. The third-order valence-corrected chi connectivity index (χ3v) is 8.31. The van der Waals surface area contributed by atoms with Crippen molar-refractivity contribution in [2.24, 2.45) is 5.92 Å². The van der Waals surface area contributed by atoms with Gasteiger partial charge < -0.3 is 10.2 Å². The maximum Gasteiger partial charge on any atom is 0.264 e. The van der Waals surface area contributed by atoms with E-state index < -0.39 is 28.5 Å². The Kier molecular flexibility index (Phi) is 10.3. The maximum atomic E-state index is 14.1. The summed E-state index contributed by atoms with van der Waals surface area (Å²) in [6.45, 7) is 9.88. The monoisotopic (exact) mass is 549 g/mol. The molecule has 0 heterocycles. The normalized spacial score (nSPS) is 12.2. The predicted octanol–water partition coefficient (Wildman–Crippen LogP) is 5.08. The van der Waals surface area contributed by atoms with E-state index in [0.717, 1.165) is 21.0 Å². The van der Waals surface area contributed by atoms with E-state index in [9.17, 15) is 18.0 Å². The Balaban J connectivity index is 2.04. The quantitative estimate of drug-likeness (QED) is 0.341. The van der Waals surface area contributed by atoms with Gasteiger partial charge in [0.25, 0.3) is 10.0 Å². The molecule has 0 saturated carbocycles. The number of nitrogens with one attached hydrogen (secondary N) is 1. The van der Waals surface area contributed by atoms with Gasteiger partial charge in [0, 0.05) is 13.1 Å². The Bertz CT molecular complexity index is 1360. The van der Waals surface area contributed by atoms with Crippen molar-refractivity contribution in [3.8, 4) is 0 Å². The second kappa shape index (κ2) is 13.4. The second-order valence-corrected chi connectivity index (χ2v) is 12.0. The summed E-state index contributed by atoms with van der Waals surface area (Å²) in [5.74, 6) is -0.454. The number of amides is 2. The first kappa shape index (κ1) is 29.9. The number of benzene rings is 3. The minimum absolute atomic E-state index is 0.0906. The number of hydrogen-bond acceptors (Lipinski definition) is 4. The average molecular weight is 550 g/mol. The van der Waals surface area contributed by atoms with E-state index in [1.807, 2.05) is 71.0 Å². The summed E-state index contributed by atoms with van der Waals surface area (Å²) in [4.78, 5) is 28.9. The zero-order chi connectivity index (χ0) is 28.6. The fourth-order valence-corrected chi connectivity index (χ4v) is 5.81. The zero-order valence-corrected chi connectivity index (χ0v) is 24.2. The fraction of sp³-hybridized carbons (Fsp3) is 0.355. The van der Waals surface area contributed by atoms with E-state index in [1.165, 1.54) is 17.0 Å². The molecule has 3 aromatic rings. The summed E-state index contributed by atoms with van der Waals surface area (Å²) in [5, 5.41) is 2.95. The lowest BCUT2D eigenvalue weighted by Gasteiger charge is -2.33. The standard InChI is InChI=1S/C31H39N3O4S/c1-6-28(31(36)32-20-23(2)3)33(21-26-18-16-24(4)17-19-26)30(35)22-34(29-15-11-10-12-25(29)5)39(37,38)27-13-8-7-9-14-27/h7-19,23,28H,6,20-22H2,1-5H3,(H,32,36)/t28-/m0/s1. The van der Waals surface area contributed by atoms with Crippen LogP contribution < -0.4 is 9.62 Å². The van der Waals surface area contributed by atoms with Gasteiger partial charge in [0.2, 0.25) is 11.8 Å². The number of rotatable bonds is 12. The Morgan fingerprint density at radius 2 is 1.49 bits per heavy atom. The molecule has 3 rings (SSSR count). The molecule has 208 valence electrons. The Labute approximate surface area is 232 Å². The Morgan fingerprint density at radius 1 is 0.872 bits per heavy atom. The number of nitrogens with zero attached hydrogens (tertiary/aromatic N) is 2. The van der Waals surface area contributed by atoms with E-state index in [2.05, 4.69) is 5.32 Å². The average Bonchev–Trinajstić information content (AvgIpc) is 2.92. The SMILES string of the molecule is CC[C@@H](C(=O)NCC(C)C)N(Cc1ccc(C)cc1)C(=O)CN(c1ccccc1C)S(=O)(=O)c1ccccc1. The van der Waals surface area contributed by atoms with Gasteiger partial charge in [-0.25, -0.2) is 8.42 Å². The summed E-state index contributed by atoms with van der Waals surface area (Å²) in [6.07, 6.45) is 0.386. The van der Waals surface area contributed by atoms with Crippen LogP contribution in [0.1, 0.15) is 43.9 Å². The first-order valence-corrected chi connectivity index (χ1v) is 14.7. The highest BCUT2D eigenvalue weighted by Crippen LogP contribution is 2.27. The van der Waals surface area contributed by atoms with Crippen LogP contribution in [0.15, 0.2) is 83.8 Å². The molecule has 8 heteroatoms. The lowest BCUT2D eigenvalue weighted by atomic mass is 10.1. The molecule has 0 spiro atoms. The van der Waals surface area contributed by atoms with Gasteiger partial charge in [0.1, 0.15) is 12.6 Å². The van der Waals surface area contributed by atoms with Crippen molar-refractivity contribution in [2.75, 3.05) is 17.4 Å². The molecule has 0 radical (unpaired) electrons. The molecule has 7 nitrogen and oxygen atoms in total. The topological polar surface area (TPSA) is 86.8 Å². The summed E-state index contributed by atoms with van der Waals surface area (Å²) in [7, 11) is -4.07. The van der Waals surface area contributed by atoms with Gasteiger partial charge in [-0.05, 0) is 55.5 Å². The van der Waals surface area contributed by atoms with Crippen LogP contribution in [0.4, 0.5) is 5.69 Å². The number of hydrogen-bond donors (Lipinski definition) is 1. The molecule has 0 aliphatic rings. The highest BCUT2D eigenvalue weighted by atomic mass is 32.2. The maximum absolute atomic E-state index is 14.1. The molecular formula is C31H39N3O4S. The van der Waals surface area contributed by atoms with E-state index in [0.29, 0.717) is 18.7 Å². The molecular weight excluding hydrogens is 510 g/mol. The molecule has 0 fully saturated rings. The Hall–Kier alpha value is -3.65. The van der Waals surface area contributed by atoms with Gasteiger partial charge in [0.05, 0.1) is 10.6 Å². The molecule has 0 aliphatic heterocycles. The van der Waals surface area contributed by atoms with Crippen LogP contribution in [0.25, 0.3) is 0 Å². The minimum Gasteiger partial charge on any atom is -0.354 e. The van der Waals surface area contributed by atoms with Gasteiger partial charge in [-0.1, -0.05) is 87.0 Å². The predicted molar refractivity (Wildman–Crippen MR) is 156 cm³/mol. The van der Waals surface area contributed by atoms with Gasteiger partial charge in [-0.3, -0.25) is 13.9 Å². The zero-order valence-electron chi connectivity index (χ0n) is 23.4. The lowest BCUT2D eigenvalue weighted by molar-refractivity contribution is -0.140. The van der Waals surface area contributed by atoms with Crippen LogP contribution in [0.5, 0.6) is 0 Å². The summed E-state index contributed by atoms with van der Waals surface area (Å²) >= 11 is 0. The van der Waals surface area contributed by atoms with Crippen molar-refractivity contribution in [1.82, 2.24) is 10.2 Å². The van der Waals surface area contributed by atoms with E-state index >= 15 is 0 Å². The van der Waals surface area contributed by atoms with Crippen LogP contribution in [0, 0.1) is 19.8 Å². The van der Waals surface area contributed by atoms with Crippen molar-refractivity contribution < 1.29 is 18.0 Å². The summed E-state index contributed by atoms with van der Waals surface area (Å²) in [5.41, 5.74) is 3.08. The van der Waals surface area contributed by atoms with Crippen LogP contribution in [0.2, 0.25) is 0 Å². The molecule has 39 heavy (non-hydrogen) atoms. The molecule has 1 atom stereocenters. The Morgan fingerprint density at radius 3 is 2.08 bits per heavy atom. The molecule has 2 amide bonds.